The molecule has 0 nitrogen and oxygen atoms in total. The molecular formula is C19H24ClF. The molecule has 0 saturated heterocycles. The number of halogens is 2. The molecule has 5 rings (SSSR count). The number of alkyl halides is 1. The minimum atomic E-state index is -0.136. The Hall–Kier alpha value is -0.560. The van der Waals surface area contributed by atoms with E-state index in [0.29, 0.717) is 5.92 Å². The molecule has 0 aromatic heterocycles. The van der Waals surface area contributed by atoms with Gasteiger partial charge in [-0.05, 0) is 104 Å². The number of hydrogen-bond donors (Lipinski definition) is 0. The van der Waals surface area contributed by atoms with Crippen molar-refractivity contribution in [2.75, 3.05) is 0 Å². The molecule has 4 bridgehead atoms. The van der Waals surface area contributed by atoms with Gasteiger partial charge in [0.2, 0.25) is 0 Å². The maximum Gasteiger partial charge on any atom is 0.123 e. The van der Waals surface area contributed by atoms with Crippen molar-refractivity contribution in [1.29, 1.82) is 0 Å². The summed E-state index contributed by atoms with van der Waals surface area (Å²) in [5.74, 6) is 4.05. The Bertz CT molecular complexity index is 514. The smallest absolute Gasteiger partial charge is 0.123 e. The molecule has 1 atom stereocenters. The zero-order valence-electron chi connectivity index (χ0n) is 12.9. The zero-order chi connectivity index (χ0) is 14.7. The minimum absolute atomic E-state index is 0.0700. The van der Waals surface area contributed by atoms with E-state index < -0.39 is 0 Å². The first-order valence-electron chi connectivity index (χ1n) is 8.43. The van der Waals surface area contributed by atoms with Crippen molar-refractivity contribution in [3.05, 3.63) is 34.6 Å². The molecule has 1 unspecified atom stereocenters. The van der Waals surface area contributed by atoms with Gasteiger partial charge < -0.3 is 0 Å². The van der Waals surface area contributed by atoms with Crippen LogP contribution >= 0.6 is 11.6 Å². The van der Waals surface area contributed by atoms with Gasteiger partial charge >= 0.3 is 0 Å². The van der Waals surface area contributed by atoms with Crippen LogP contribution in [0.3, 0.4) is 0 Å². The lowest BCUT2D eigenvalue weighted by Gasteiger charge is -2.55. The summed E-state index contributed by atoms with van der Waals surface area (Å²) in [6, 6.07) is 3.29. The molecule has 1 aromatic carbocycles. The molecule has 0 N–H and O–H groups in total. The lowest BCUT2D eigenvalue weighted by molar-refractivity contribution is -0.0382. The van der Waals surface area contributed by atoms with Gasteiger partial charge in [-0.2, -0.15) is 0 Å². The Morgan fingerprint density at radius 2 is 1.43 bits per heavy atom. The number of rotatable bonds is 2. The number of aryl methyl sites for hydroxylation is 2. The summed E-state index contributed by atoms with van der Waals surface area (Å²) in [6.45, 7) is 4.02. The van der Waals surface area contributed by atoms with Crippen molar-refractivity contribution in [3.8, 4) is 0 Å². The van der Waals surface area contributed by atoms with Gasteiger partial charge in [-0.25, -0.2) is 4.39 Å². The van der Waals surface area contributed by atoms with Gasteiger partial charge in [0.25, 0.3) is 0 Å². The molecule has 21 heavy (non-hydrogen) atoms. The van der Waals surface area contributed by atoms with Gasteiger partial charge in [0, 0.05) is 0 Å². The topological polar surface area (TPSA) is 0 Å². The van der Waals surface area contributed by atoms with Crippen LogP contribution in [0.15, 0.2) is 12.1 Å². The van der Waals surface area contributed by atoms with Gasteiger partial charge in [0.15, 0.2) is 0 Å². The first-order valence-corrected chi connectivity index (χ1v) is 8.87. The molecule has 0 heterocycles. The first kappa shape index (κ1) is 14.1. The van der Waals surface area contributed by atoms with Crippen LogP contribution in [0.1, 0.15) is 54.2 Å². The van der Waals surface area contributed by atoms with Crippen LogP contribution in [0.2, 0.25) is 0 Å². The van der Waals surface area contributed by atoms with Crippen molar-refractivity contribution >= 4 is 11.6 Å². The SMILES string of the molecule is Cc1cc(F)cc(C)c1C(Cl)C1C2CC3CC(C2)CC1C3. The summed E-state index contributed by atoms with van der Waals surface area (Å²) in [7, 11) is 0. The summed E-state index contributed by atoms with van der Waals surface area (Å²) in [6.07, 6.45) is 7.03. The molecule has 4 aliphatic carbocycles. The monoisotopic (exact) mass is 306 g/mol. The minimum Gasteiger partial charge on any atom is -0.207 e. The van der Waals surface area contributed by atoms with Crippen LogP contribution in [0.4, 0.5) is 4.39 Å². The van der Waals surface area contributed by atoms with E-state index >= 15 is 0 Å². The largest absolute Gasteiger partial charge is 0.207 e. The van der Waals surface area contributed by atoms with Gasteiger partial charge in [-0.3, -0.25) is 0 Å². The molecule has 114 valence electrons. The Morgan fingerprint density at radius 3 is 1.90 bits per heavy atom. The molecule has 4 saturated carbocycles. The Balaban J connectivity index is 1.68. The summed E-state index contributed by atoms with van der Waals surface area (Å²) in [4.78, 5) is 0. The summed E-state index contributed by atoms with van der Waals surface area (Å²) in [5.41, 5.74) is 3.26. The van der Waals surface area contributed by atoms with Crippen molar-refractivity contribution in [1.82, 2.24) is 0 Å². The molecule has 0 aliphatic heterocycles. The second kappa shape index (κ2) is 4.98. The number of benzene rings is 1. The molecule has 0 spiro atoms. The summed E-state index contributed by atoms with van der Waals surface area (Å²) in [5, 5.41) is 0.0700. The van der Waals surface area contributed by atoms with E-state index in [1.165, 1.54) is 37.7 Å². The normalized spacial score (nSPS) is 38.8. The van der Waals surface area contributed by atoms with E-state index in [0.717, 1.165) is 34.8 Å². The van der Waals surface area contributed by atoms with E-state index in [1.807, 2.05) is 13.8 Å². The van der Waals surface area contributed by atoms with Crippen LogP contribution in [0, 0.1) is 49.3 Å². The molecule has 1 aromatic rings. The number of hydrogen-bond acceptors (Lipinski definition) is 0. The fraction of sp³-hybridized carbons (Fsp3) is 0.684. The average molecular weight is 307 g/mol. The van der Waals surface area contributed by atoms with E-state index in [9.17, 15) is 4.39 Å². The van der Waals surface area contributed by atoms with Crippen LogP contribution in [0.5, 0.6) is 0 Å². The van der Waals surface area contributed by atoms with E-state index in [-0.39, 0.29) is 11.2 Å². The van der Waals surface area contributed by atoms with Gasteiger partial charge in [-0.1, -0.05) is 0 Å². The second-order valence-corrected chi connectivity index (χ2v) is 8.33. The quantitative estimate of drug-likeness (QED) is 0.606. The third-order valence-corrected chi connectivity index (χ3v) is 6.98. The molecule has 4 fully saturated rings. The van der Waals surface area contributed by atoms with Crippen LogP contribution in [0.25, 0.3) is 0 Å². The van der Waals surface area contributed by atoms with Crippen LogP contribution in [-0.2, 0) is 0 Å². The van der Waals surface area contributed by atoms with Crippen LogP contribution < -0.4 is 0 Å². The third kappa shape index (κ3) is 2.23. The lowest BCUT2D eigenvalue weighted by atomic mass is 9.51. The van der Waals surface area contributed by atoms with Gasteiger partial charge in [0.1, 0.15) is 5.82 Å². The summed E-state index contributed by atoms with van der Waals surface area (Å²) >= 11 is 6.99. The highest BCUT2D eigenvalue weighted by atomic mass is 35.5. The highest BCUT2D eigenvalue weighted by molar-refractivity contribution is 6.21. The maximum absolute atomic E-state index is 13.6. The average Bonchev–Trinajstić information content (AvgIpc) is 2.35. The molecular weight excluding hydrogens is 283 g/mol. The molecule has 4 aliphatic rings. The second-order valence-electron chi connectivity index (χ2n) is 7.86. The zero-order valence-corrected chi connectivity index (χ0v) is 13.7. The van der Waals surface area contributed by atoms with Crippen molar-refractivity contribution in [2.45, 2.75) is 51.3 Å². The highest BCUT2D eigenvalue weighted by Gasteiger charge is 2.50. The van der Waals surface area contributed by atoms with E-state index in [1.54, 1.807) is 12.1 Å². The van der Waals surface area contributed by atoms with E-state index in [2.05, 4.69) is 0 Å². The van der Waals surface area contributed by atoms with Gasteiger partial charge in [-0.15, -0.1) is 11.6 Å². The lowest BCUT2D eigenvalue weighted by Crippen LogP contribution is -2.46. The summed E-state index contributed by atoms with van der Waals surface area (Å²) < 4.78 is 13.6. The Kier molecular flexibility index (Phi) is 3.33. The Morgan fingerprint density at radius 1 is 0.952 bits per heavy atom. The van der Waals surface area contributed by atoms with Crippen LogP contribution in [-0.4, -0.2) is 0 Å². The predicted molar refractivity (Wildman–Crippen MR) is 85.0 cm³/mol. The fourth-order valence-electron chi connectivity index (χ4n) is 5.99. The third-order valence-electron chi connectivity index (χ3n) is 6.47. The van der Waals surface area contributed by atoms with Crippen molar-refractivity contribution in [2.24, 2.45) is 29.6 Å². The standard InChI is InChI=1S/C19H24ClF/c1-10-3-16(21)4-11(2)17(10)19(20)18-14-6-12-5-13(8-14)9-15(18)7-12/h3-4,12-15,18-19H,5-9H2,1-2H3. The van der Waals surface area contributed by atoms with E-state index in [4.69, 9.17) is 11.6 Å². The highest BCUT2D eigenvalue weighted by Crippen LogP contribution is 2.60. The van der Waals surface area contributed by atoms with Crippen molar-refractivity contribution in [3.63, 3.8) is 0 Å². The fourth-order valence-corrected chi connectivity index (χ4v) is 6.75. The van der Waals surface area contributed by atoms with Crippen molar-refractivity contribution < 1.29 is 4.39 Å². The predicted octanol–water partition coefficient (Wildman–Crippen LogP) is 5.79. The maximum atomic E-state index is 13.6. The molecule has 0 radical (unpaired) electrons. The van der Waals surface area contributed by atoms with Gasteiger partial charge in [0.05, 0.1) is 5.38 Å². The molecule has 0 amide bonds. The molecule has 2 heteroatoms. The Labute approximate surface area is 132 Å². The first-order chi connectivity index (χ1) is 10.0.